The second kappa shape index (κ2) is 5.10. The number of hydrogen-bond acceptors (Lipinski definition) is 5. The Labute approximate surface area is 110 Å². The number of rotatable bonds is 3. The van der Waals surface area contributed by atoms with Crippen LogP contribution in [0.3, 0.4) is 0 Å². The van der Waals surface area contributed by atoms with Gasteiger partial charge in [0.05, 0.1) is 12.8 Å². The minimum Gasteiger partial charge on any atom is -0.495 e. The summed E-state index contributed by atoms with van der Waals surface area (Å²) in [6.07, 6.45) is 0. The van der Waals surface area contributed by atoms with E-state index in [9.17, 15) is 0 Å². The second-order valence-corrected chi connectivity index (χ2v) is 4.03. The summed E-state index contributed by atoms with van der Waals surface area (Å²) in [5.41, 5.74) is 6.45. The zero-order valence-electron chi connectivity index (χ0n) is 10.1. The lowest BCUT2D eigenvalue weighted by atomic mass is 10.2. The highest BCUT2D eigenvalue weighted by atomic mass is 35.5. The molecule has 0 saturated carbocycles. The van der Waals surface area contributed by atoms with Crippen LogP contribution in [0.25, 0.3) is 0 Å². The molecule has 18 heavy (non-hydrogen) atoms. The fraction of sp³-hybridized carbons (Fsp3) is 0.167. The first-order chi connectivity index (χ1) is 8.61. The number of para-hydroxylation sites is 2. The van der Waals surface area contributed by atoms with E-state index in [1.54, 1.807) is 13.2 Å². The van der Waals surface area contributed by atoms with E-state index in [1.165, 1.54) is 0 Å². The summed E-state index contributed by atoms with van der Waals surface area (Å²) in [6, 6.07) is 9.26. The van der Waals surface area contributed by atoms with Gasteiger partial charge in [0.2, 0.25) is 5.95 Å². The lowest BCUT2D eigenvalue weighted by Crippen LogP contribution is -2.13. The molecule has 0 bridgehead atoms. The number of anilines is 3. The fourth-order valence-corrected chi connectivity index (χ4v) is 1.81. The average molecular weight is 265 g/mol. The van der Waals surface area contributed by atoms with Gasteiger partial charge in [-0.25, -0.2) is 4.98 Å². The highest BCUT2D eigenvalue weighted by Gasteiger charge is 2.12. The van der Waals surface area contributed by atoms with Gasteiger partial charge in [-0.2, -0.15) is 4.98 Å². The largest absolute Gasteiger partial charge is 0.495 e. The molecule has 1 heterocycles. The Bertz CT molecular complexity index is 541. The number of halogens is 1. The fourth-order valence-electron chi connectivity index (χ4n) is 1.62. The number of methoxy groups -OCH3 is 1. The van der Waals surface area contributed by atoms with Crippen molar-refractivity contribution in [1.82, 2.24) is 9.97 Å². The van der Waals surface area contributed by atoms with E-state index in [1.807, 2.05) is 36.2 Å². The summed E-state index contributed by atoms with van der Waals surface area (Å²) >= 11 is 5.87. The molecule has 0 amide bonds. The Kier molecular flexibility index (Phi) is 3.53. The van der Waals surface area contributed by atoms with Crippen LogP contribution in [0, 0.1) is 0 Å². The Morgan fingerprint density at radius 2 is 2.00 bits per heavy atom. The quantitative estimate of drug-likeness (QED) is 0.863. The zero-order chi connectivity index (χ0) is 13.1. The topological polar surface area (TPSA) is 64.3 Å². The Hall–Kier alpha value is -2.01. The van der Waals surface area contributed by atoms with Crippen LogP contribution in [-0.4, -0.2) is 24.1 Å². The van der Waals surface area contributed by atoms with Gasteiger partial charge in [0.25, 0.3) is 0 Å². The van der Waals surface area contributed by atoms with Crippen molar-refractivity contribution >= 4 is 29.1 Å². The van der Waals surface area contributed by atoms with E-state index in [0.717, 1.165) is 11.4 Å². The molecule has 2 aromatic rings. The molecule has 0 saturated heterocycles. The van der Waals surface area contributed by atoms with Crippen molar-refractivity contribution in [3.63, 3.8) is 0 Å². The molecule has 2 N–H and O–H groups in total. The third kappa shape index (κ3) is 2.46. The number of nitrogen functional groups attached to an aromatic ring is 1. The van der Waals surface area contributed by atoms with Crippen LogP contribution < -0.4 is 15.4 Å². The molecule has 5 nitrogen and oxygen atoms in total. The third-order valence-electron chi connectivity index (χ3n) is 2.49. The highest BCUT2D eigenvalue weighted by molar-refractivity contribution is 6.29. The van der Waals surface area contributed by atoms with Gasteiger partial charge < -0.3 is 15.4 Å². The van der Waals surface area contributed by atoms with Gasteiger partial charge in [0, 0.05) is 13.1 Å². The monoisotopic (exact) mass is 264 g/mol. The summed E-state index contributed by atoms with van der Waals surface area (Å²) in [4.78, 5) is 9.80. The molecule has 94 valence electrons. The summed E-state index contributed by atoms with van der Waals surface area (Å²) in [7, 11) is 3.48. The van der Waals surface area contributed by atoms with E-state index < -0.39 is 0 Å². The van der Waals surface area contributed by atoms with Crippen molar-refractivity contribution in [3.8, 4) is 5.75 Å². The van der Waals surface area contributed by atoms with Gasteiger partial charge in [-0.3, -0.25) is 0 Å². The minimum atomic E-state index is 0.138. The maximum absolute atomic E-state index is 5.87. The number of nitrogens with zero attached hydrogens (tertiary/aromatic N) is 3. The first-order valence-corrected chi connectivity index (χ1v) is 5.66. The first-order valence-electron chi connectivity index (χ1n) is 5.28. The van der Waals surface area contributed by atoms with Crippen LogP contribution in [-0.2, 0) is 0 Å². The maximum Gasteiger partial charge on any atom is 0.223 e. The summed E-state index contributed by atoms with van der Waals surface area (Å²) in [5, 5.41) is 0.305. The van der Waals surface area contributed by atoms with Gasteiger partial charge >= 0.3 is 0 Å². The lowest BCUT2D eigenvalue weighted by Gasteiger charge is -2.20. The van der Waals surface area contributed by atoms with Crippen LogP contribution >= 0.6 is 11.6 Å². The number of nitrogens with two attached hydrogens (primary N) is 1. The standard InChI is InChI=1S/C12H13ClN4O/c1-17(8-5-3-4-6-9(8)18-2)11-7-10(13)15-12(14)16-11/h3-7H,1-2H3,(H2,14,15,16). The summed E-state index contributed by atoms with van der Waals surface area (Å²) in [5.74, 6) is 1.49. The van der Waals surface area contributed by atoms with Gasteiger partial charge in [0.15, 0.2) is 0 Å². The van der Waals surface area contributed by atoms with E-state index in [4.69, 9.17) is 22.1 Å². The number of benzene rings is 1. The van der Waals surface area contributed by atoms with Crippen molar-refractivity contribution in [3.05, 3.63) is 35.5 Å². The summed E-state index contributed by atoms with van der Waals surface area (Å²) < 4.78 is 5.30. The molecule has 1 aromatic carbocycles. The van der Waals surface area contributed by atoms with E-state index in [2.05, 4.69) is 9.97 Å². The van der Waals surface area contributed by atoms with Gasteiger partial charge in [-0.1, -0.05) is 23.7 Å². The van der Waals surface area contributed by atoms with Crippen molar-refractivity contribution in [2.45, 2.75) is 0 Å². The minimum absolute atomic E-state index is 0.138. The zero-order valence-corrected chi connectivity index (χ0v) is 10.8. The lowest BCUT2D eigenvalue weighted by molar-refractivity contribution is 0.415. The van der Waals surface area contributed by atoms with Crippen LogP contribution in [0.2, 0.25) is 5.15 Å². The predicted molar refractivity (Wildman–Crippen MR) is 72.5 cm³/mol. The van der Waals surface area contributed by atoms with Crippen molar-refractivity contribution in [2.75, 3.05) is 24.8 Å². The summed E-state index contributed by atoms with van der Waals surface area (Å²) in [6.45, 7) is 0. The number of hydrogen-bond donors (Lipinski definition) is 1. The molecule has 0 aliphatic heterocycles. The van der Waals surface area contributed by atoms with Crippen molar-refractivity contribution in [1.29, 1.82) is 0 Å². The molecule has 0 unspecified atom stereocenters. The van der Waals surface area contributed by atoms with Crippen LogP contribution in [0.4, 0.5) is 17.5 Å². The highest BCUT2D eigenvalue weighted by Crippen LogP contribution is 2.31. The average Bonchev–Trinajstić information content (AvgIpc) is 2.36. The number of aromatic nitrogens is 2. The first kappa shape index (κ1) is 12.4. The predicted octanol–water partition coefficient (Wildman–Crippen LogP) is 2.49. The SMILES string of the molecule is COc1ccccc1N(C)c1cc(Cl)nc(N)n1. The van der Waals surface area contributed by atoms with E-state index in [-0.39, 0.29) is 5.95 Å². The molecule has 0 spiro atoms. The molecular formula is C12H13ClN4O. The Morgan fingerprint density at radius 1 is 1.28 bits per heavy atom. The molecule has 0 atom stereocenters. The molecule has 2 rings (SSSR count). The molecular weight excluding hydrogens is 252 g/mol. The van der Waals surface area contributed by atoms with Crippen LogP contribution in [0.5, 0.6) is 5.75 Å². The smallest absolute Gasteiger partial charge is 0.223 e. The normalized spacial score (nSPS) is 10.2. The van der Waals surface area contributed by atoms with Gasteiger partial charge in [-0.15, -0.1) is 0 Å². The molecule has 6 heteroatoms. The molecule has 0 aliphatic carbocycles. The molecule has 0 fully saturated rings. The Morgan fingerprint density at radius 3 is 2.67 bits per heavy atom. The maximum atomic E-state index is 5.87. The van der Waals surface area contributed by atoms with Crippen molar-refractivity contribution in [2.24, 2.45) is 0 Å². The van der Waals surface area contributed by atoms with Gasteiger partial charge in [0.1, 0.15) is 16.7 Å². The molecule has 0 aliphatic rings. The van der Waals surface area contributed by atoms with E-state index >= 15 is 0 Å². The Balaban J connectivity index is 2.44. The van der Waals surface area contributed by atoms with Gasteiger partial charge in [-0.05, 0) is 12.1 Å². The van der Waals surface area contributed by atoms with Crippen LogP contribution in [0.1, 0.15) is 0 Å². The van der Waals surface area contributed by atoms with Crippen molar-refractivity contribution < 1.29 is 4.74 Å². The third-order valence-corrected chi connectivity index (χ3v) is 2.68. The number of ether oxygens (including phenoxy) is 1. The van der Waals surface area contributed by atoms with E-state index in [0.29, 0.717) is 11.0 Å². The van der Waals surface area contributed by atoms with Crippen LogP contribution in [0.15, 0.2) is 30.3 Å². The molecule has 1 aromatic heterocycles. The molecule has 0 radical (unpaired) electrons. The second-order valence-electron chi connectivity index (χ2n) is 3.64.